The van der Waals surface area contributed by atoms with E-state index in [1.54, 1.807) is 0 Å². The number of nitrogens with zero attached hydrogens (tertiary/aromatic N) is 2. The Morgan fingerprint density at radius 2 is 1.74 bits per heavy atom. The van der Waals surface area contributed by atoms with Crippen molar-refractivity contribution >= 4 is 28.4 Å². The molecule has 2 aromatic rings. The number of nitriles is 1. The second kappa shape index (κ2) is 10.5. The van der Waals surface area contributed by atoms with Crippen LogP contribution in [0, 0.1) is 11.3 Å². The summed E-state index contributed by atoms with van der Waals surface area (Å²) in [6.07, 6.45) is -2.47. The molecule has 9 heteroatoms. The number of fused-ring (bicyclic) bond motifs is 1. The van der Waals surface area contributed by atoms with Gasteiger partial charge in [-0.1, -0.05) is 18.2 Å². The number of nitrogens with one attached hydrogen (secondary N) is 1. The van der Waals surface area contributed by atoms with Gasteiger partial charge in [-0.25, -0.2) is 0 Å². The molecular weight excluding hydrogens is 438 g/mol. The minimum absolute atomic E-state index is 0.143. The fraction of sp³-hybridized carbons (Fsp3) is 0.440. The molecule has 0 radical (unpaired) electrons. The largest absolute Gasteiger partial charge is 0.388 e. The van der Waals surface area contributed by atoms with Crippen LogP contribution in [0.25, 0.3) is 16.8 Å². The van der Waals surface area contributed by atoms with Crippen LogP contribution in [0.3, 0.4) is 0 Å². The number of hydrogen-bond acceptors (Lipinski definition) is 8. The molecule has 2 fully saturated rings. The lowest BCUT2D eigenvalue weighted by Crippen LogP contribution is -2.60. The van der Waals surface area contributed by atoms with Gasteiger partial charge < -0.3 is 35.4 Å². The van der Waals surface area contributed by atoms with Crippen molar-refractivity contribution in [2.24, 2.45) is 0 Å². The van der Waals surface area contributed by atoms with Crippen LogP contribution in [0.5, 0.6) is 0 Å². The van der Waals surface area contributed by atoms with E-state index in [1.807, 2.05) is 30.3 Å². The second-order valence-electron chi connectivity index (χ2n) is 8.76. The third kappa shape index (κ3) is 5.22. The van der Waals surface area contributed by atoms with Gasteiger partial charge >= 0.3 is 0 Å². The first-order valence-electron chi connectivity index (χ1n) is 11.4. The van der Waals surface area contributed by atoms with Crippen molar-refractivity contribution in [3.8, 4) is 6.07 Å². The maximum Gasteiger partial charge on any atom is 0.262 e. The minimum Gasteiger partial charge on any atom is -0.388 e. The highest BCUT2D eigenvalue weighted by Crippen LogP contribution is 2.26. The molecule has 2 saturated heterocycles. The molecule has 2 aliphatic rings. The van der Waals surface area contributed by atoms with Gasteiger partial charge in [0.05, 0.1) is 0 Å². The summed E-state index contributed by atoms with van der Waals surface area (Å²) in [6.45, 7) is 1.86. The monoisotopic (exact) mass is 467 g/mol. The molecule has 2 heterocycles. The maximum atomic E-state index is 12.5. The predicted molar refractivity (Wildman–Crippen MR) is 126 cm³/mol. The lowest BCUT2D eigenvalue weighted by molar-refractivity contribution is -0.280. The molecule has 0 aromatic heterocycles. The van der Waals surface area contributed by atoms with Gasteiger partial charge in [-0.15, -0.1) is 0 Å². The number of benzene rings is 2. The highest BCUT2D eigenvalue weighted by Gasteiger charge is 2.42. The topological polar surface area (TPSA) is 146 Å². The average Bonchev–Trinajstić information content (AvgIpc) is 2.87. The van der Waals surface area contributed by atoms with Gasteiger partial charge in [-0.05, 0) is 59.9 Å². The molecule has 4 rings (SSSR count). The van der Waals surface area contributed by atoms with E-state index in [4.69, 9.17) is 4.74 Å². The Hall–Kier alpha value is -3.00. The smallest absolute Gasteiger partial charge is 0.262 e. The number of aliphatic hydroxyl groups is 4. The van der Waals surface area contributed by atoms with Crippen molar-refractivity contribution in [2.75, 3.05) is 24.5 Å². The normalized spacial score (nSPS) is 27.9. The van der Waals surface area contributed by atoms with Gasteiger partial charge in [-0.2, -0.15) is 5.26 Å². The third-order valence-corrected chi connectivity index (χ3v) is 6.40. The predicted octanol–water partition coefficient (Wildman–Crippen LogP) is 0.653. The molecule has 2 aromatic carbocycles. The maximum absolute atomic E-state index is 12.5. The summed E-state index contributed by atoms with van der Waals surface area (Å²) in [4.78, 5) is 14.9. The van der Waals surface area contributed by atoms with E-state index in [1.165, 1.54) is 31.0 Å². The van der Waals surface area contributed by atoms with Crippen molar-refractivity contribution in [3.05, 3.63) is 47.5 Å². The second-order valence-corrected chi connectivity index (χ2v) is 8.76. The van der Waals surface area contributed by atoms with Gasteiger partial charge in [0.1, 0.15) is 36.1 Å². The van der Waals surface area contributed by atoms with Gasteiger partial charge in [0.2, 0.25) is 0 Å². The molecule has 1 amide bonds. The molecule has 180 valence electrons. The standard InChI is InChI=1S/C25H29N3O6/c26-13-18(24(32)27-14-20-21(29)22(30)23(31)25(33)34-20)11-15-4-5-17-12-19(7-6-16(17)10-15)28-8-2-1-3-9-28/h4-7,10-12,20-23,25,29-31,33H,1-3,8-9,14H2,(H,27,32)/b18-11-/t20-,21-,22+,23-,25?/m1/s1. The van der Waals surface area contributed by atoms with Gasteiger partial charge in [0.15, 0.2) is 6.29 Å². The van der Waals surface area contributed by atoms with Crippen LogP contribution >= 0.6 is 0 Å². The van der Waals surface area contributed by atoms with Crippen LogP contribution in [0.1, 0.15) is 24.8 Å². The Kier molecular flexibility index (Phi) is 7.46. The summed E-state index contributed by atoms with van der Waals surface area (Å²) in [5.41, 5.74) is 1.74. The van der Waals surface area contributed by atoms with E-state index in [9.17, 15) is 30.5 Å². The summed E-state index contributed by atoms with van der Waals surface area (Å²) >= 11 is 0. The van der Waals surface area contributed by atoms with Crippen LogP contribution in [-0.4, -0.2) is 76.7 Å². The van der Waals surface area contributed by atoms with Crippen LogP contribution in [0.2, 0.25) is 0 Å². The Morgan fingerprint density at radius 1 is 1.03 bits per heavy atom. The van der Waals surface area contributed by atoms with Crippen LogP contribution < -0.4 is 10.2 Å². The third-order valence-electron chi connectivity index (χ3n) is 6.40. The number of hydrogen-bond donors (Lipinski definition) is 5. The number of anilines is 1. The molecule has 0 bridgehead atoms. The number of carbonyl (C=O) groups is 1. The lowest BCUT2D eigenvalue weighted by atomic mass is 9.99. The Bertz CT molecular complexity index is 1110. The number of piperidine rings is 1. The van der Waals surface area contributed by atoms with Crippen molar-refractivity contribution in [1.82, 2.24) is 5.32 Å². The molecule has 2 aliphatic heterocycles. The zero-order valence-corrected chi connectivity index (χ0v) is 18.7. The zero-order chi connectivity index (χ0) is 24.2. The van der Waals surface area contributed by atoms with Crippen molar-refractivity contribution < 1.29 is 30.0 Å². The van der Waals surface area contributed by atoms with Gasteiger partial charge in [0.25, 0.3) is 5.91 Å². The first-order chi connectivity index (χ1) is 16.4. The first-order valence-corrected chi connectivity index (χ1v) is 11.4. The molecule has 5 atom stereocenters. The average molecular weight is 468 g/mol. The van der Waals surface area contributed by atoms with E-state index >= 15 is 0 Å². The molecule has 1 unspecified atom stereocenters. The fourth-order valence-corrected chi connectivity index (χ4v) is 4.39. The number of aliphatic hydroxyl groups excluding tert-OH is 4. The molecule has 0 aliphatic carbocycles. The minimum atomic E-state index is -1.70. The highest BCUT2D eigenvalue weighted by molar-refractivity contribution is 6.02. The summed E-state index contributed by atoms with van der Waals surface area (Å²) in [5, 5.41) is 52.9. The van der Waals surface area contributed by atoms with Gasteiger partial charge in [0, 0.05) is 25.3 Å². The van der Waals surface area contributed by atoms with E-state index in [-0.39, 0.29) is 12.1 Å². The Balaban J connectivity index is 1.44. The van der Waals surface area contributed by atoms with E-state index in [0.29, 0.717) is 5.56 Å². The summed E-state index contributed by atoms with van der Waals surface area (Å²) in [7, 11) is 0. The summed E-state index contributed by atoms with van der Waals surface area (Å²) in [5.74, 6) is -0.686. The summed E-state index contributed by atoms with van der Waals surface area (Å²) in [6, 6.07) is 13.9. The molecule has 0 saturated carbocycles. The summed E-state index contributed by atoms with van der Waals surface area (Å²) < 4.78 is 5.04. The van der Waals surface area contributed by atoms with E-state index in [0.717, 1.165) is 23.9 Å². The number of ether oxygens (including phenoxy) is 1. The molecule has 9 nitrogen and oxygen atoms in total. The van der Waals surface area contributed by atoms with Crippen LogP contribution in [-0.2, 0) is 9.53 Å². The number of carbonyl (C=O) groups excluding carboxylic acids is 1. The quantitative estimate of drug-likeness (QED) is 0.318. The first kappa shape index (κ1) is 24.1. The molecule has 5 N–H and O–H groups in total. The molecular formula is C25H29N3O6. The molecule has 0 spiro atoms. The Morgan fingerprint density at radius 3 is 2.47 bits per heavy atom. The number of amides is 1. The zero-order valence-electron chi connectivity index (χ0n) is 18.7. The van der Waals surface area contributed by atoms with E-state index < -0.39 is 36.6 Å². The van der Waals surface area contributed by atoms with Crippen molar-refractivity contribution in [2.45, 2.75) is 50.0 Å². The highest BCUT2D eigenvalue weighted by atomic mass is 16.6. The lowest BCUT2D eigenvalue weighted by Gasteiger charge is -2.38. The van der Waals surface area contributed by atoms with Crippen LogP contribution in [0.4, 0.5) is 5.69 Å². The van der Waals surface area contributed by atoms with Crippen LogP contribution in [0.15, 0.2) is 42.0 Å². The SMILES string of the molecule is N#C/C(=C/c1ccc2cc(N3CCCCC3)ccc2c1)C(=O)NC[C@H]1OC(O)[C@H](O)[C@@H](O)[C@@H]1O. The Labute approximate surface area is 197 Å². The van der Waals surface area contributed by atoms with Crippen molar-refractivity contribution in [1.29, 1.82) is 5.26 Å². The van der Waals surface area contributed by atoms with E-state index in [2.05, 4.69) is 22.3 Å². The number of rotatable bonds is 5. The fourth-order valence-electron chi connectivity index (χ4n) is 4.39. The van der Waals surface area contributed by atoms with Crippen molar-refractivity contribution in [3.63, 3.8) is 0 Å². The molecule has 34 heavy (non-hydrogen) atoms. The van der Waals surface area contributed by atoms with Gasteiger partial charge in [-0.3, -0.25) is 4.79 Å².